The first-order chi connectivity index (χ1) is 18.5. The quantitative estimate of drug-likeness (QED) is 0.235. The van der Waals surface area contributed by atoms with Gasteiger partial charge in [-0.15, -0.1) is 0 Å². The molecule has 6 N–H and O–H groups in total. The summed E-state index contributed by atoms with van der Waals surface area (Å²) in [5, 5.41) is 27.4. The van der Waals surface area contributed by atoms with Gasteiger partial charge in [0.2, 0.25) is 5.91 Å². The minimum Gasteiger partial charge on any atom is -0.390 e. The lowest BCUT2D eigenvalue weighted by Gasteiger charge is -2.47. The largest absolute Gasteiger partial charge is 0.390 e. The van der Waals surface area contributed by atoms with Crippen LogP contribution in [0.3, 0.4) is 0 Å². The lowest BCUT2D eigenvalue weighted by atomic mass is 9.68. The van der Waals surface area contributed by atoms with Gasteiger partial charge >= 0.3 is 0 Å². The Labute approximate surface area is 228 Å². The van der Waals surface area contributed by atoms with Gasteiger partial charge in [-0.2, -0.15) is 0 Å². The number of β-amino-alcohol motifs (C(OH)–C–C–N with tert-alkyl or cyclic N) is 1. The van der Waals surface area contributed by atoms with Crippen LogP contribution >= 0.6 is 0 Å². The van der Waals surface area contributed by atoms with Crippen LogP contribution in [-0.4, -0.2) is 105 Å². The molecule has 10 heteroatoms. The highest BCUT2D eigenvalue weighted by Crippen LogP contribution is 2.41. The molecule has 5 aliphatic rings. The van der Waals surface area contributed by atoms with E-state index >= 15 is 0 Å². The molecule has 0 aromatic heterocycles. The third kappa shape index (κ3) is 7.46. The third-order valence-corrected chi connectivity index (χ3v) is 9.95. The molecule has 3 saturated heterocycles. The molecule has 38 heavy (non-hydrogen) atoms. The van der Waals surface area contributed by atoms with E-state index in [4.69, 9.17) is 9.47 Å². The number of amides is 1. The second kappa shape index (κ2) is 13.7. The highest BCUT2D eigenvalue weighted by molar-refractivity contribution is 5.81. The van der Waals surface area contributed by atoms with E-state index in [1.165, 1.54) is 32.1 Å². The summed E-state index contributed by atoms with van der Waals surface area (Å²) in [7, 11) is 0. The average molecular weight is 537 g/mol. The molecule has 0 bridgehead atoms. The number of aliphatic hydroxyl groups is 1. The molecule has 2 saturated carbocycles. The smallest absolute Gasteiger partial charge is 0.237 e. The van der Waals surface area contributed by atoms with Crippen LogP contribution in [0.25, 0.3) is 0 Å². The van der Waals surface area contributed by atoms with Crippen molar-refractivity contribution in [2.24, 2.45) is 17.8 Å². The number of ether oxygens (including phenoxy) is 2. The zero-order valence-electron chi connectivity index (χ0n) is 23.5. The second-order valence-corrected chi connectivity index (χ2v) is 12.6. The molecule has 2 aliphatic carbocycles. The van der Waals surface area contributed by atoms with Crippen molar-refractivity contribution in [1.82, 2.24) is 31.5 Å². The maximum Gasteiger partial charge on any atom is 0.237 e. The van der Waals surface area contributed by atoms with Gasteiger partial charge in [-0.25, -0.2) is 0 Å². The molecular formula is C28H52N6O4. The molecule has 3 aliphatic heterocycles. The summed E-state index contributed by atoms with van der Waals surface area (Å²) in [5.74, 6) is 1.88. The molecule has 0 aromatic carbocycles. The Hall–Kier alpha value is -0.850. The van der Waals surface area contributed by atoms with E-state index in [0.717, 1.165) is 32.4 Å². The Morgan fingerprint density at radius 2 is 1.97 bits per heavy atom. The number of hydrogen-bond acceptors (Lipinski definition) is 9. The van der Waals surface area contributed by atoms with Crippen molar-refractivity contribution >= 4 is 5.91 Å². The van der Waals surface area contributed by atoms with Crippen LogP contribution in [-0.2, 0) is 14.3 Å². The van der Waals surface area contributed by atoms with E-state index in [1.807, 2.05) is 0 Å². The lowest BCUT2D eigenvalue weighted by Crippen LogP contribution is -2.61. The van der Waals surface area contributed by atoms with E-state index in [0.29, 0.717) is 69.0 Å². The third-order valence-electron chi connectivity index (χ3n) is 9.95. The number of rotatable bonds is 10. The molecule has 10 nitrogen and oxygen atoms in total. The number of carbonyl (C=O) groups is 1. The molecule has 0 aromatic rings. The topological polar surface area (TPSA) is 119 Å². The fraction of sp³-hybridized carbons (Fsp3) is 0.964. The number of fused-ring (bicyclic) bond motifs is 1. The number of piperidine rings is 1. The van der Waals surface area contributed by atoms with Gasteiger partial charge in [0.05, 0.1) is 43.9 Å². The van der Waals surface area contributed by atoms with Gasteiger partial charge in [0.25, 0.3) is 0 Å². The molecule has 9 atom stereocenters. The molecule has 0 spiro atoms. The monoisotopic (exact) mass is 536 g/mol. The maximum absolute atomic E-state index is 12.8. The van der Waals surface area contributed by atoms with Crippen LogP contribution in [0.5, 0.6) is 0 Å². The van der Waals surface area contributed by atoms with Gasteiger partial charge in [-0.3, -0.25) is 26.1 Å². The Bertz CT molecular complexity index is 755. The van der Waals surface area contributed by atoms with Crippen LogP contribution in [0.2, 0.25) is 0 Å². The van der Waals surface area contributed by atoms with Crippen LogP contribution in [0.15, 0.2) is 0 Å². The Morgan fingerprint density at radius 3 is 2.76 bits per heavy atom. The maximum atomic E-state index is 12.8. The first kappa shape index (κ1) is 28.7. The molecule has 5 fully saturated rings. The number of aliphatic hydroxyl groups excluding tert-OH is 1. The minimum atomic E-state index is -0.552. The zero-order chi connectivity index (χ0) is 26.5. The van der Waals surface area contributed by atoms with Crippen molar-refractivity contribution < 1.29 is 19.4 Å². The molecule has 1 amide bonds. The van der Waals surface area contributed by atoms with Gasteiger partial charge in [0.1, 0.15) is 0 Å². The second-order valence-electron chi connectivity index (χ2n) is 12.6. The summed E-state index contributed by atoms with van der Waals surface area (Å²) >= 11 is 0. The summed E-state index contributed by atoms with van der Waals surface area (Å²) in [6.45, 7) is 9.40. The molecule has 0 radical (unpaired) electrons. The number of hydrogen-bond donors (Lipinski definition) is 6. The summed E-state index contributed by atoms with van der Waals surface area (Å²) in [5.41, 5.74) is 0. The summed E-state index contributed by atoms with van der Waals surface area (Å²) < 4.78 is 12.1. The predicted molar refractivity (Wildman–Crippen MR) is 146 cm³/mol. The predicted octanol–water partition coefficient (Wildman–Crippen LogP) is 0.318. The van der Waals surface area contributed by atoms with Crippen LogP contribution < -0.4 is 26.6 Å². The number of nitrogens with zero attached hydrogens (tertiary/aromatic N) is 1. The fourth-order valence-electron chi connectivity index (χ4n) is 7.53. The molecular weight excluding hydrogens is 484 g/mol. The van der Waals surface area contributed by atoms with Crippen LogP contribution in [0, 0.1) is 17.8 Å². The Balaban J connectivity index is 0.991. The summed E-state index contributed by atoms with van der Waals surface area (Å²) in [6.07, 6.45) is 9.29. The van der Waals surface area contributed by atoms with Gasteiger partial charge in [0, 0.05) is 44.8 Å². The number of nitrogens with one attached hydrogen (secondary N) is 5. The van der Waals surface area contributed by atoms with Crippen molar-refractivity contribution in [3.8, 4) is 0 Å². The molecule has 218 valence electrons. The van der Waals surface area contributed by atoms with Crippen LogP contribution in [0.4, 0.5) is 0 Å². The average Bonchev–Trinajstić information content (AvgIpc) is 3.58. The van der Waals surface area contributed by atoms with Crippen molar-refractivity contribution in [2.45, 2.75) is 108 Å². The highest BCUT2D eigenvalue weighted by atomic mass is 16.5. The van der Waals surface area contributed by atoms with Gasteiger partial charge in [-0.1, -0.05) is 19.8 Å². The van der Waals surface area contributed by atoms with Gasteiger partial charge < -0.3 is 24.8 Å². The molecule has 5 rings (SSSR count). The van der Waals surface area contributed by atoms with Crippen molar-refractivity contribution in [1.29, 1.82) is 0 Å². The van der Waals surface area contributed by atoms with Crippen molar-refractivity contribution in [2.75, 3.05) is 46.2 Å². The van der Waals surface area contributed by atoms with E-state index in [9.17, 15) is 9.90 Å². The summed E-state index contributed by atoms with van der Waals surface area (Å²) in [4.78, 5) is 15.2. The van der Waals surface area contributed by atoms with E-state index < -0.39 is 6.10 Å². The zero-order valence-corrected chi connectivity index (χ0v) is 23.5. The normalized spacial score (nSPS) is 39.7. The van der Waals surface area contributed by atoms with Crippen LogP contribution in [0.1, 0.15) is 65.2 Å². The number of carbonyl (C=O) groups excluding carboxylic acids is 1. The van der Waals surface area contributed by atoms with Crippen molar-refractivity contribution in [3.05, 3.63) is 0 Å². The van der Waals surface area contributed by atoms with Gasteiger partial charge in [0.15, 0.2) is 0 Å². The Kier molecular flexibility index (Phi) is 10.3. The molecule has 8 unspecified atom stereocenters. The lowest BCUT2D eigenvalue weighted by molar-refractivity contribution is -0.124. The first-order valence-corrected chi connectivity index (χ1v) is 15.3. The van der Waals surface area contributed by atoms with E-state index in [1.54, 1.807) is 0 Å². The van der Waals surface area contributed by atoms with Gasteiger partial charge in [-0.05, 0) is 63.3 Å². The standard InChI is InChI=1S/C28H52N6O4/c1-18-23-9-10-34(13-20(23)7-8-25(18)37-15-26-19(2)32-17-38-26)14-22(35)12-29-28(36)24-11-27(31-16-30-24)33-21-5-3-4-6-21/h18-27,30-33,35H,3-17H2,1-2H3,(H,29,36)/t18?,19?,20?,22-,23?,24?,25?,26?,27?/m0/s1. The summed E-state index contributed by atoms with van der Waals surface area (Å²) in [6, 6.07) is 0.697. The molecule has 3 heterocycles. The van der Waals surface area contributed by atoms with E-state index in [2.05, 4.69) is 45.3 Å². The first-order valence-electron chi connectivity index (χ1n) is 15.3. The number of likely N-dealkylation sites (tertiary alicyclic amines) is 1. The highest BCUT2D eigenvalue weighted by Gasteiger charge is 2.41. The minimum absolute atomic E-state index is 0.0113. The Morgan fingerprint density at radius 1 is 1.13 bits per heavy atom. The SMILES string of the molecule is CC1NCOC1COC1CCC2CN(C[C@@H](O)CNC(=O)C3CC(NC4CCCC4)NCN3)CCC2C1C. The van der Waals surface area contributed by atoms with E-state index in [-0.39, 0.29) is 24.2 Å². The van der Waals surface area contributed by atoms with Crippen molar-refractivity contribution in [3.63, 3.8) is 0 Å². The fourth-order valence-corrected chi connectivity index (χ4v) is 7.53.